The molecule has 16 heavy (non-hydrogen) atoms. The first-order valence-electron chi connectivity index (χ1n) is 5.02. The molecular weight excluding hydrogens is 210 g/mol. The highest BCUT2D eigenvalue weighted by Gasteiger charge is 2.25. The van der Waals surface area contributed by atoms with Gasteiger partial charge in [0.25, 0.3) is 6.47 Å². The summed E-state index contributed by atoms with van der Waals surface area (Å²) < 4.78 is 5.22. The Bertz CT molecular complexity index is 268. The number of amides is 1. The zero-order chi connectivity index (χ0) is 12.8. The van der Waals surface area contributed by atoms with Crippen LogP contribution in [0.5, 0.6) is 0 Å². The number of carbonyl (C=O) groups is 2. The van der Waals surface area contributed by atoms with Gasteiger partial charge in [0.1, 0.15) is 5.60 Å². The van der Waals surface area contributed by atoms with Crippen molar-refractivity contribution in [2.75, 3.05) is 13.1 Å². The second kappa shape index (κ2) is 6.15. The summed E-state index contributed by atoms with van der Waals surface area (Å²) in [6.45, 7) is 10.6. The summed E-state index contributed by atoms with van der Waals surface area (Å²) >= 11 is 0. The Labute approximate surface area is 95.7 Å². The molecule has 0 unspecified atom stereocenters. The van der Waals surface area contributed by atoms with E-state index in [1.54, 1.807) is 4.90 Å². The molecule has 1 N–H and O–H groups in total. The van der Waals surface area contributed by atoms with E-state index in [4.69, 9.17) is 14.6 Å². The second-order valence-electron chi connectivity index (χ2n) is 4.51. The van der Waals surface area contributed by atoms with Gasteiger partial charge < -0.3 is 14.7 Å². The third kappa shape index (κ3) is 6.06. The lowest BCUT2D eigenvalue weighted by molar-refractivity contribution is -0.122. The molecule has 0 aliphatic carbocycles. The Morgan fingerprint density at radius 2 is 2.06 bits per heavy atom. The van der Waals surface area contributed by atoms with Crippen molar-refractivity contribution in [3.63, 3.8) is 0 Å². The van der Waals surface area contributed by atoms with Crippen molar-refractivity contribution in [2.24, 2.45) is 0 Å². The van der Waals surface area contributed by atoms with Crippen LogP contribution in [-0.4, -0.2) is 41.3 Å². The van der Waals surface area contributed by atoms with E-state index in [9.17, 15) is 4.79 Å². The van der Waals surface area contributed by atoms with E-state index in [1.165, 1.54) is 0 Å². The van der Waals surface area contributed by atoms with Crippen molar-refractivity contribution in [1.82, 2.24) is 4.90 Å². The summed E-state index contributed by atoms with van der Waals surface area (Å²) in [6.07, 6.45) is 0.672. The van der Waals surface area contributed by atoms with Gasteiger partial charge >= 0.3 is 6.09 Å². The fourth-order valence-electron chi connectivity index (χ4n) is 1.20. The van der Waals surface area contributed by atoms with Crippen LogP contribution in [0.4, 0.5) is 4.79 Å². The van der Waals surface area contributed by atoms with E-state index < -0.39 is 5.60 Å². The summed E-state index contributed by atoms with van der Waals surface area (Å²) in [7, 11) is 0. The molecule has 0 aromatic carbocycles. The van der Waals surface area contributed by atoms with Crippen molar-refractivity contribution < 1.29 is 19.4 Å². The van der Waals surface area contributed by atoms with Crippen molar-refractivity contribution in [2.45, 2.75) is 32.8 Å². The molecule has 5 nitrogen and oxygen atoms in total. The van der Waals surface area contributed by atoms with Crippen LogP contribution in [0.2, 0.25) is 0 Å². The molecule has 0 aromatic heterocycles. The number of likely N-dealkylation sites (tertiary alicyclic amines) is 1. The zero-order valence-corrected chi connectivity index (χ0v) is 10.0. The van der Waals surface area contributed by atoms with Crippen LogP contribution in [0.15, 0.2) is 12.2 Å². The Kier molecular flexibility index (Phi) is 5.56. The first kappa shape index (κ1) is 14.5. The SMILES string of the molecule is C=C1CCN(C(=O)OC(C)(C)C)C1.O=CO. The number of carboxylic acid groups (broad SMARTS) is 1. The highest BCUT2D eigenvalue weighted by Crippen LogP contribution is 2.16. The summed E-state index contributed by atoms with van der Waals surface area (Å²) in [4.78, 5) is 21.5. The van der Waals surface area contributed by atoms with E-state index in [0.29, 0.717) is 6.54 Å². The lowest BCUT2D eigenvalue weighted by Crippen LogP contribution is -2.34. The quantitative estimate of drug-likeness (QED) is 0.508. The van der Waals surface area contributed by atoms with Gasteiger partial charge in [0, 0.05) is 13.1 Å². The highest BCUT2D eigenvalue weighted by molar-refractivity contribution is 5.69. The third-order valence-electron chi connectivity index (χ3n) is 1.80. The average molecular weight is 229 g/mol. The van der Waals surface area contributed by atoms with E-state index in [2.05, 4.69) is 6.58 Å². The molecule has 1 amide bonds. The smallest absolute Gasteiger partial charge is 0.410 e. The van der Waals surface area contributed by atoms with Crippen LogP contribution in [-0.2, 0) is 9.53 Å². The van der Waals surface area contributed by atoms with Gasteiger partial charge in [-0.25, -0.2) is 4.79 Å². The largest absolute Gasteiger partial charge is 0.483 e. The summed E-state index contributed by atoms with van der Waals surface area (Å²) in [5, 5.41) is 6.89. The monoisotopic (exact) mass is 229 g/mol. The van der Waals surface area contributed by atoms with Crippen LogP contribution in [0.3, 0.4) is 0 Å². The van der Waals surface area contributed by atoms with Gasteiger partial charge in [-0.1, -0.05) is 12.2 Å². The summed E-state index contributed by atoms with van der Waals surface area (Å²) in [5.41, 5.74) is 0.701. The van der Waals surface area contributed by atoms with Gasteiger partial charge in [0.15, 0.2) is 0 Å². The lowest BCUT2D eigenvalue weighted by Gasteiger charge is -2.23. The van der Waals surface area contributed by atoms with Crippen LogP contribution < -0.4 is 0 Å². The Morgan fingerprint density at radius 1 is 1.56 bits per heavy atom. The molecule has 92 valence electrons. The van der Waals surface area contributed by atoms with Gasteiger partial charge in [-0.3, -0.25) is 4.79 Å². The highest BCUT2D eigenvalue weighted by atomic mass is 16.6. The first-order valence-corrected chi connectivity index (χ1v) is 5.02. The van der Waals surface area contributed by atoms with Gasteiger partial charge in [0.05, 0.1) is 0 Å². The minimum absolute atomic E-state index is 0.230. The molecular formula is C11H19NO4. The number of hydrogen-bond acceptors (Lipinski definition) is 3. The fourth-order valence-corrected chi connectivity index (χ4v) is 1.20. The molecule has 1 rings (SSSR count). The molecule has 0 saturated carbocycles. The zero-order valence-electron chi connectivity index (χ0n) is 10.0. The van der Waals surface area contributed by atoms with Gasteiger partial charge in [0.2, 0.25) is 0 Å². The molecule has 0 radical (unpaired) electrons. The third-order valence-corrected chi connectivity index (χ3v) is 1.80. The number of ether oxygens (including phenoxy) is 1. The van der Waals surface area contributed by atoms with Crippen molar-refractivity contribution in [3.05, 3.63) is 12.2 Å². The van der Waals surface area contributed by atoms with Crippen molar-refractivity contribution in [1.29, 1.82) is 0 Å². The predicted octanol–water partition coefficient (Wildman–Crippen LogP) is 1.88. The molecule has 0 spiro atoms. The number of hydrogen-bond donors (Lipinski definition) is 1. The van der Waals surface area contributed by atoms with E-state index in [0.717, 1.165) is 18.5 Å². The fraction of sp³-hybridized carbons (Fsp3) is 0.636. The Balaban J connectivity index is 0.000000673. The van der Waals surface area contributed by atoms with E-state index in [1.807, 2.05) is 20.8 Å². The molecule has 0 aromatic rings. The number of carbonyl (C=O) groups excluding carboxylic acids is 1. The average Bonchev–Trinajstić information content (AvgIpc) is 2.50. The molecule has 1 aliphatic heterocycles. The molecule has 0 bridgehead atoms. The van der Waals surface area contributed by atoms with Crippen LogP contribution in [0, 0.1) is 0 Å². The Morgan fingerprint density at radius 3 is 2.38 bits per heavy atom. The lowest BCUT2D eigenvalue weighted by atomic mass is 10.2. The number of nitrogens with zero attached hydrogens (tertiary/aromatic N) is 1. The minimum atomic E-state index is -0.402. The molecule has 1 heterocycles. The van der Waals surface area contributed by atoms with Crippen LogP contribution >= 0.6 is 0 Å². The topological polar surface area (TPSA) is 66.8 Å². The maximum absolute atomic E-state index is 11.5. The minimum Gasteiger partial charge on any atom is -0.483 e. The van der Waals surface area contributed by atoms with Crippen LogP contribution in [0.1, 0.15) is 27.2 Å². The summed E-state index contributed by atoms with van der Waals surface area (Å²) in [6, 6.07) is 0. The van der Waals surface area contributed by atoms with Gasteiger partial charge in [-0.2, -0.15) is 0 Å². The Hall–Kier alpha value is -1.52. The van der Waals surface area contributed by atoms with Gasteiger partial charge in [-0.05, 0) is 27.2 Å². The molecule has 1 aliphatic rings. The number of rotatable bonds is 0. The molecule has 0 atom stereocenters. The normalized spacial score (nSPS) is 15.2. The predicted molar refractivity (Wildman–Crippen MR) is 60.3 cm³/mol. The summed E-state index contributed by atoms with van der Waals surface area (Å²) in [5.74, 6) is 0. The van der Waals surface area contributed by atoms with Gasteiger partial charge in [-0.15, -0.1) is 0 Å². The van der Waals surface area contributed by atoms with E-state index >= 15 is 0 Å². The van der Waals surface area contributed by atoms with E-state index in [-0.39, 0.29) is 12.6 Å². The first-order chi connectivity index (χ1) is 7.30. The molecule has 5 heteroatoms. The molecule has 1 saturated heterocycles. The van der Waals surface area contributed by atoms with Crippen LogP contribution in [0.25, 0.3) is 0 Å². The molecule has 1 fully saturated rings. The second-order valence-corrected chi connectivity index (χ2v) is 4.51. The van der Waals surface area contributed by atoms with Crippen molar-refractivity contribution in [3.8, 4) is 0 Å². The van der Waals surface area contributed by atoms with Crippen molar-refractivity contribution >= 4 is 12.6 Å². The maximum Gasteiger partial charge on any atom is 0.410 e. The standard InChI is InChI=1S/C10H17NO2.CH2O2/c1-8-5-6-11(7-8)9(12)13-10(2,3)4;2-1-3/h1,5-7H2,2-4H3;1H,(H,2,3). The maximum atomic E-state index is 11.5.